The molecule has 0 amide bonds. The normalized spacial score (nSPS) is 11.7. The van der Waals surface area contributed by atoms with Crippen molar-refractivity contribution in [1.82, 2.24) is 9.55 Å². The van der Waals surface area contributed by atoms with Crippen molar-refractivity contribution in [2.75, 3.05) is 5.73 Å². The molecule has 0 aliphatic heterocycles. The molecule has 0 saturated carbocycles. The van der Waals surface area contributed by atoms with E-state index in [9.17, 15) is 4.79 Å². The molecule has 0 aliphatic rings. The lowest BCUT2D eigenvalue weighted by Crippen LogP contribution is -2.26. The van der Waals surface area contributed by atoms with E-state index >= 15 is 0 Å². The number of rotatable bonds is 0. The maximum absolute atomic E-state index is 11.9. The first-order valence-corrected chi connectivity index (χ1v) is 5.33. The Kier molecular flexibility index (Phi) is 2.53. The second-order valence-corrected chi connectivity index (χ2v) is 4.81. The van der Waals surface area contributed by atoms with Crippen molar-refractivity contribution in [3.8, 4) is 0 Å². The molecule has 0 saturated heterocycles. The SMILES string of the molecule is CC(C)(C)OC(=O)n1cc(N)c2cccnc21. The van der Waals surface area contributed by atoms with E-state index in [1.54, 1.807) is 12.3 Å². The smallest absolute Gasteiger partial charge is 0.420 e. The average molecular weight is 233 g/mol. The summed E-state index contributed by atoms with van der Waals surface area (Å²) in [6.07, 6.45) is 2.67. The Labute approximate surface area is 99.2 Å². The molecule has 90 valence electrons. The van der Waals surface area contributed by atoms with Gasteiger partial charge in [0.2, 0.25) is 0 Å². The van der Waals surface area contributed by atoms with Crippen LogP contribution in [0.2, 0.25) is 0 Å². The van der Waals surface area contributed by atoms with Crippen molar-refractivity contribution in [1.29, 1.82) is 0 Å². The van der Waals surface area contributed by atoms with E-state index in [4.69, 9.17) is 10.5 Å². The number of hydrogen-bond acceptors (Lipinski definition) is 4. The van der Waals surface area contributed by atoms with Gasteiger partial charge >= 0.3 is 6.09 Å². The van der Waals surface area contributed by atoms with Crippen LogP contribution in [0, 0.1) is 0 Å². The largest absolute Gasteiger partial charge is 0.443 e. The number of carbonyl (C=O) groups is 1. The fraction of sp³-hybridized carbons (Fsp3) is 0.333. The van der Waals surface area contributed by atoms with Crippen LogP contribution in [0.4, 0.5) is 10.5 Å². The summed E-state index contributed by atoms with van der Waals surface area (Å²) in [5.41, 5.74) is 6.29. The first-order valence-electron chi connectivity index (χ1n) is 5.33. The topological polar surface area (TPSA) is 70.1 Å². The molecule has 0 unspecified atom stereocenters. The average Bonchev–Trinajstić information content (AvgIpc) is 2.55. The Morgan fingerprint density at radius 2 is 2.18 bits per heavy atom. The standard InChI is InChI=1S/C12H15N3O2/c1-12(2,3)17-11(16)15-7-9(13)8-5-4-6-14-10(8)15/h4-7H,13H2,1-3H3. The third-order valence-corrected chi connectivity index (χ3v) is 2.18. The minimum absolute atomic E-state index is 0.474. The van der Waals surface area contributed by atoms with Crippen LogP contribution >= 0.6 is 0 Å². The highest BCUT2D eigenvalue weighted by atomic mass is 16.6. The number of nitrogens with two attached hydrogens (primary N) is 1. The molecule has 0 atom stereocenters. The molecule has 0 radical (unpaired) electrons. The number of nitrogen functional groups attached to an aromatic ring is 1. The molecule has 0 aliphatic carbocycles. The number of carbonyl (C=O) groups excluding carboxylic acids is 1. The third-order valence-electron chi connectivity index (χ3n) is 2.18. The summed E-state index contributed by atoms with van der Waals surface area (Å²) >= 11 is 0. The lowest BCUT2D eigenvalue weighted by atomic mass is 10.2. The van der Waals surface area contributed by atoms with Crippen LogP contribution in [0.5, 0.6) is 0 Å². The first kappa shape index (κ1) is 11.4. The lowest BCUT2D eigenvalue weighted by molar-refractivity contribution is 0.0544. The highest BCUT2D eigenvalue weighted by Gasteiger charge is 2.20. The maximum atomic E-state index is 11.9. The Morgan fingerprint density at radius 3 is 2.82 bits per heavy atom. The van der Waals surface area contributed by atoms with Gasteiger partial charge in [0.25, 0.3) is 0 Å². The Bertz CT molecular complexity index is 567. The lowest BCUT2D eigenvalue weighted by Gasteiger charge is -2.19. The molecule has 0 spiro atoms. The van der Waals surface area contributed by atoms with Crippen molar-refractivity contribution < 1.29 is 9.53 Å². The van der Waals surface area contributed by atoms with E-state index in [1.807, 2.05) is 26.8 Å². The number of ether oxygens (including phenoxy) is 1. The molecular weight excluding hydrogens is 218 g/mol. The van der Waals surface area contributed by atoms with Gasteiger partial charge in [0, 0.05) is 17.8 Å². The summed E-state index contributed by atoms with van der Waals surface area (Å²) < 4.78 is 6.60. The zero-order chi connectivity index (χ0) is 12.6. The quantitative estimate of drug-likeness (QED) is 0.758. The highest BCUT2D eigenvalue weighted by Crippen LogP contribution is 2.22. The van der Waals surface area contributed by atoms with Gasteiger partial charge in [-0.1, -0.05) is 0 Å². The molecule has 2 N–H and O–H groups in total. The Balaban J connectivity index is 2.46. The van der Waals surface area contributed by atoms with E-state index < -0.39 is 11.7 Å². The summed E-state index contributed by atoms with van der Waals surface area (Å²) in [7, 11) is 0. The second-order valence-electron chi connectivity index (χ2n) is 4.81. The maximum Gasteiger partial charge on any atom is 0.420 e. The second kappa shape index (κ2) is 3.76. The number of aromatic nitrogens is 2. The van der Waals surface area contributed by atoms with Crippen molar-refractivity contribution in [2.45, 2.75) is 26.4 Å². The number of fused-ring (bicyclic) bond motifs is 1. The molecule has 0 aromatic carbocycles. The van der Waals surface area contributed by atoms with Gasteiger partial charge in [-0.25, -0.2) is 14.3 Å². The minimum atomic E-state index is -0.544. The van der Waals surface area contributed by atoms with Gasteiger partial charge in [0.15, 0.2) is 5.65 Å². The number of hydrogen-bond donors (Lipinski definition) is 1. The van der Waals surface area contributed by atoms with Crippen LogP contribution < -0.4 is 5.73 Å². The van der Waals surface area contributed by atoms with Crippen molar-refractivity contribution in [3.05, 3.63) is 24.5 Å². The van der Waals surface area contributed by atoms with Crippen molar-refractivity contribution >= 4 is 22.8 Å². The van der Waals surface area contributed by atoms with Crippen LogP contribution in [0.15, 0.2) is 24.5 Å². The predicted molar refractivity (Wildman–Crippen MR) is 65.8 cm³/mol. The summed E-state index contributed by atoms with van der Waals surface area (Å²) in [6.45, 7) is 5.44. The van der Waals surface area contributed by atoms with Gasteiger partial charge in [-0.15, -0.1) is 0 Å². The van der Waals surface area contributed by atoms with E-state index in [1.165, 1.54) is 10.8 Å². The number of nitrogens with zero attached hydrogens (tertiary/aromatic N) is 2. The molecule has 0 bridgehead atoms. The zero-order valence-corrected chi connectivity index (χ0v) is 10.1. The van der Waals surface area contributed by atoms with E-state index in [2.05, 4.69) is 4.98 Å². The van der Waals surface area contributed by atoms with Gasteiger partial charge in [0.05, 0.1) is 5.69 Å². The first-order chi connectivity index (χ1) is 7.88. The number of pyridine rings is 1. The molecule has 5 nitrogen and oxygen atoms in total. The monoisotopic (exact) mass is 233 g/mol. The van der Waals surface area contributed by atoms with Crippen LogP contribution in [0.25, 0.3) is 11.0 Å². The molecule has 17 heavy (non-hydrogen) atoms. The Morgan fingerprint density at radius 1 is 1.47 bits per heavy atom. The fourth-order valence-electron chi connectivity index (χ4n) is 1.53. The Hall–Kier alpha value is -2.04. The summed E-state index contributed by atoms with van der Waals surface area (Å²) in [5.74, 6) is 0. The molecule has 0 fully saturated rings. The zero-order valence-electron chi connectivity index (χ0n) is 10.1. The molecule has 2 aromatic rings. The van der Waals surface area contributed by atoms with Gasteiger partial charge in [-0.2, -0.15) is 0 Å². The molecule has 5 heteroatoms. The van der Waals surface area contributed by atoms with E-state index in [0.29, 0.717) is 11.3 Å². The van der Waals surface area contributed by atoms with E-state index in [-0.39, 0.29) is 0 Å². The number of anilines is 1. The van der Waals surface area contributed by atoms with Gasteiger partial charge in [0.1, 0.15) is 5.60 Å². The molecule has 2 heterocycles. The minimum Gasteiger partial charge on any atom is -0.443 e. The van der Waals surface area contributed by atoms with Crippen LogP contribution in [0.3, 0.4) is 0 Å². The van der Waals surface area contributed by atoms with Crippen LogP contribution in [-0.2, 0) is 4.74 Å². The van der Waals surface area contributed by atoms with E-state index in [0.717, 1.165) is 5.39 Å². The van der Waals surface area contributed by atoms with Gasteiger partial charge < -0.3 is 10.5 Å². The van der Waals surface area contributed by atoms with Gasteiger partial charge in [-0.3, -0.25) is 0 Å². The summed E-state index contributed by atoms with van der Waals surface area (Å²) in [4.78, 5) is 16.1. The molecule has 2 rings (SSSR count). The van der Waals surface area contributed by atoms with Crippen molar-refractivity contribution in [2.24, 2.45) is 0 Å². The molecule has 2 aromatic heterocycles. The van der Waals surface area contributed by atoms with Gasteiger partial charge in [-0.05, 0) is 32.9 Å². The van der Waals surface area contributed by atoms with Crippen LogP contribution in [0.1, 0.15) is 20.8 Å². The fourth-order valence-corrected chi connectivity index (χ4v) is 1.53. The third kappa shape index (κ3) is 2.22. The van der Waals surface area contributed by atoms with Crippen molar-refractivity contribution in [3.63, 3.8) is 0 Å². The molecular formula is C12H15N3O2. The summed E-state index contributed by atoms with van der Waals surface area (Å²) in [6, 6.07) is 3.59. The van der Waals surface area contributed by atoms with Crippen LogP contribution in [-0.4, -0.2) is 21.2 Å². The predicted octanol–water partition coefficient (Wildman–Crippen LogP) is 2.40. The highest BCUT2D eigenvalue weighted by molar-refractivity contribution is 5.95. The summed E-state index contributed by atoms with van der Waals surface area (Å²) in [5, 5.41) is 0.748.